The maximum Gasteiger partial charge on any atom is 0.260 e. The summed E-state index contributed by atoms with van der Waals surface area (Å²) in [5.41, 5.74) is 3.80. The quantitative estimate of drug-likeness (QED) is 0.461. The average Bonchev–Trinajstić information content (AvgIpc) is 3.09. The Morgan fingerprint density at radius 1 is 1.06 bits per heavy atom. The summed E-state index contributed by atoms with van der Waals surface area (Å²) >= 11 is 0. The highest BCUT2D eigenvalue weighted by atomic mass is 19.1. The van der Waals surface area contributed by atoms with Crippen molar-refractivity contribution in [2.45, 2.75) is 33.9 Å². The Hall–Kier alpha value is -3.87. The Kier molecular flexibility index (Phi) is 7.88. The minimum Gasteiger partial charge on any atom is -0.491 e. The molecule has 0 fully saturated rings. The van der Waals surface area contributed by atoms with Gasteiger partial charge in [-0.3, -0.25) is 9.59 Å². The van der Waals surface area contributed by atoms with E-state index < -0.39 is 0 Å². The highest BCUT2D eigenvalue weighted by Gasteiger charge is 2.23. The zero-order chi connectivity index (χ0) is 25.7. The third-order valence-corrected chi connectivity index (χ3v) is 6.08. The zero-order valence-electron chi connectivity index (χ0n) is 20.9. The fourth-order valence-electron chi connectivity index (χ4n) is 4.04. The van der Waals surface area contributed by atoms with Gasteiger partial charge in [0.1, 0.15) is 23.9 Å². The van der Waals surface area contributed by atoms with Crippen LogP contribution in [0.25, 0.3) is 0 Å². The largest absolute Gasteiger partial charge is 0.491 e. The molecule has 0 aliphatic carbocycles. The van der Waals surface area contributed by atoms with Crippen LogP contribution in [-0.4, -0.2) is 36.5 Å². The number of carbonyl (C=O) groups excluding carboxylic acids is 2. The average molecular weight is 491 g/mol. The lowest BCUT2D eigenvalue weighted by atomic mass is 10.1. The number of anilines is 1. The maximum atomic E-state index is 13.1. The molecule has 1 aliphatic rings. The minimum atomic E-state index is -0.359. The smallest absolute Gasteiger partial charge is 0.260 e. The van der Waals surface area contributed by atoms with Gasteiger partial charge in [0.2, 0.25) is 5.91 Å². The number of ether oxygens (including phenoxy) is 2. The molecule has 0 spiro atoms. The van der Waals surface area contributed by atoms with Crippen molar-refractivity contribution < 1.29 is 23.5 Å². The van der Waals surface area contributed by atoms with E-state index in [0.29, 0.717) is 32.0 Å². The molecule has 0 radical (unpaired) electrons. The van der Waals surface area contributed by atoms with E-state index in [1.54, 1.807) is 9.80 Å². The van der Waals surface area contributed by atoms with Crippen molar-refractivity contribution in [3.05, 3.63) is 89.2 Å². The SMILES string of the molecule is Cc1ccc(N(Cc2ccc3c(c2)CN(C(=O)COc2ccc(F)cc2)CCO3)C(=O)C(C)C)cc1. The number of benzene rings is 3. The van der Waals surface area contributed by atoms with Crippen LogP contribution in [0.5, 0.6) is 11.5 Å². The van der Waals surface area contributed by atoms with Gasteiger partial charge in [0.15, 0.2) is 6.61 Å². The molecule has 0 atom stereocenters. The topological polar surface area (TPSA) is 59.1 Å². The van der Waals surface area contributed by atoms with Gasteiger partial charge in [-0.05, 0) is 61.0 Å². The maximum absolute atomic E-state index is 13.1. The Bertz CT molecular complexity index is 1210. The molecule has 7 heteroatoms. The number of fused-ring (bicyclic) bond motifs is 1. The Labute approximate surface area is 211 Å². The molecule has 3 aromatic rings. The van der Waals surface area contributed by atoms with Crippen LogP contribution < -0.4 is 14.4 Å². The molecule has 0 N–H and O–H groups in total. The summed E-state index contributed by atoms with van der Waals surface area (Å²) in [6.45, 7) is 7.24. The van der Waals surface area contributed by atoms with Crippen molar-refractivity contribution in [1.82, 2.24) is 4.90 Å². The third-order valence-electron chi connectivity index (χ3n) is 6.08. The summed E-state index contributed by atoms with van der Waals surface area (Å²) < 4.78 is 24.5. The van der Waals surface area contributed by atoms with Gasteiger partial charge in [-0.25, -0.2) is 4.39 Å². The molecule has 36 heavy (non-hydrogen) atoms. The summed E-state index contributed by atoms with van der Waals surface area (Å²) in [6, 6.07) is 19.4. The standard InChI is InChI=1S/C29H31FN2O4/c1-20(2)29(34)32(25-9-4-21(3)5-10-25)17-22-6-13-27-23(16-22)18-31(14-15-35-27)28(33)19-36-26-11-7-24(30)8-12-26/h4-13,16,20H,14-15,17-19H2,1-3H3. The highest BCUT2D eigenvalue weighted by molar-refractivity contribution is 5.94. The van der Waals surface area contributed by atoms with Crippen molar-refractivity contribution in [3.63, 3.8) is 0 Å². The molecule has 2 amide bonds. The van der Waals surface area contributed by atoms with Gasteiger partial charge in [-0.2, -0.15) is 0 Å². The van der Waals surface area contributed by atoms with Crippen LogP contribution in [0, 0.1) is 18.7 Å². The first-order valence-electron chi connectivity index (χ1n) is 12.1. The first kappa shape index (κ1) is 25.2. The van der Waals surface area contributed by atoms with E-state index in [2.05, 4.69) is 0 Å². The number of rotatable bonds is 7. The summed E-state index contributed by atoms with van der Waals surface area (Å²) in [6.07, 6.45) is 0. The van der Waals surface area contributed by atoms with Gasteiger partial charge in [0, 0.05) is 23.7 Å². The Morgan fingerprint density at radius 3 is 2.47 bits per heavy atom. The molecule has 1 heterocycles. The van der Waals surface area contributed by atoms with E-state index in [9.17, 15) is 14.0 Å². The van der Waals surface area contributed by atoms with E-state index in [0.717, 1.165) is 28.1 Å². The van der Waals surface area contributed by atoms with Gasteiger partial charge in [0.25, 0.3) is 5.91 Å². The van der Waals surface area contributed by atoms with Crippen molar-refractivity contribution in [2.24, 2.45) is 5.92 Å². The second kappa shape index (κ2) is 11.2. The third kappa shape index (κ3) is 6.22. The lowest BCUT2D eigenvalue weighted by Crippen LogP contribution is -2.36. The van der Waals surface area contributed by atoms with Crippen molar-refractivity contribution in [2.75, 3.05) is 24.7 Å². The number of aryl methyl sites for hydroxylation is 1. The van der Waals surface area contributed by atoms with Crippen LogP contribution in [0.15, 0.2) is 66.7 Å². The van der Waals surface area contributed by atoms with Crippen molar-refractivity contribution in [3.8, 4) is 11.5 Å². The predicted molar refractivity (Wildman–Crippen MR) is 136 cm³/mol. The second-order valence-corrected chi connectivity index (χ2v) is 9.26. The molecule has 0 bridgehead atoms. The molecule has 0 saturated heterocycles. The lowest BCUT2D eigenvalue weighted by Gasteiger charge is -2.26. The first-order valence-corrected chi connectivity index (χ1v) is 12.1. The van der Waals surface area contributed by atoms with E-state index in [4.69, 9.17) is 9.47 Å². The number of nitrogens with zero attached hydrogens (tertiary/aromatic N) is 2. The molecule has 6 nitrogen and oxygen atoms in total. The van der Waals surface area contributed by atoms with E-state index in [1.165, 1.54) is 24.3 Å². The molecule has 1 aliphatic heterocycles. The molecule has 0 unspecified atom stereocenters. The number of halogens is 1. The highest BCUT2D eigenvalue weighted by Crippen LogP contribution is 2.27. The van der Waals surface area contributed by atoms with Crippen LogP contribution in [0.2, 0.25) is 0 Å². The summed E-state index contributed by atoms with van der Waals surface area (Å²) in [5.74, 6) is 0.513. The fourth-order valence-corrected chi connectivity index (χ4v) is 4.04. The second-order valence-electron chi connectivity index (χ2n) is 9.26. The van der Waals surface area contributed by atoms with Crippen LogP contribution >= 0.6 is 0 Å². The molecular formula is C29H31FN2O4. The van der Waals surface area contributed by atoms with E-state index in [1.807, 2.05) is 63.2 Å². The van der Waals surface area contributed by atoms with Crippen LogP contribution in [0.4, 0.5) is 10.1 Å². The normalized spacial score (nSPS) is 13.0. The van der Waals surface area contributed by atoms with Crippen LogP contribution in [0.3, 0.4) is 0 Å². The Morgan fingerprint density at radius 2 is 1.78 bits per heavy atom. The molecule has 0 aromatic heterocycles. The zero-order valence-corrected chi connectivity index (χ0v) is 20.9. The van der Waals surface area contributed by atoms with Gasteiger partial charge in [-0.1, -0.05) is 37.6 Å². The molecule has 188 valence electrons. The fraction of sp³-hybridized carbons (Fsp3) is 0.310. The van der Waals surface area contributed by atoms with Crippen molar-refractivity contribution >= 4 is 17.5 Å². The predicted octanol–water partition coefficient (Wildman–Crippen LogP) is 5.12. The van der Waals surface area contributed by atoms with Gasteiger partial charge >= 0.3 is 0 Å². The molecule has 0 saturated carbocycles. The number of carbonyl (C=O) groups is 2. The molecular weight excluding hydrogens is 459 g/mol. The summed E-state index contributed by atoms with van der Waals surface area (Å²) in [5, 5.41) is 0. The monoisotopic (exact) mass is 490 g/mol. The van der Waals surface area contributed by atoms with Crippen LogP contribution in [0.1, 0.15) is 30.5 Å². The van der Waals surface area contributed by atoms with E-state index >= 15 is 0 Å². The van der Waals surface area contributed by atoms with Crippen LogP contribution in [-0.2, 0) is 22.7 Å². The first-order chi connectivity index (χ1) is 17.3. The molecule has 4 rings (SSSR count). The molecule has 3 aromatic carbocycles. The minimum absolute atomic E-state index is 0.0415. The van der Waals surface area contributed by atoms with E-state index in [-0.39, 0.29) is 30.2 Å². The number of amides is 2. The number of hydrogen-bond acceptors (Lipinski definition) is 4. The van der Waals surface area contributed by atoms with Gasteiger partial charge in [-0.15, -0.1) is 0 Å². The number of hydrogen-bond donors (Lipinski definition) is 0. The summed E-state index contributed by atoms with van der Waals surface area (Å²) in [4.78, 5) is 29.4. The Balaban J connectivity index is 1.49. The summed E-state index contributed by atoms with van der Waals surface area (Å²) in [7, 11) is 0. The lowest BCUT2D eigenvalue weighted by molar-refractivity contribution is -0.134. The van der Waals surface area contributed by atoms with Gasteiger partial charge in [0.05, 0.1) is 13.1 Å². The van der Waals surface area contributed by atoms with Crippen molar-refractivity contribution in [1.29, 1.82) is 0 Å². The van der Waals surface area contributed by atoms with Gasteiger partial charge < -0.3 is 19.3 Å².